The maximum absolute atomic E-state index is 12.3. The minimum Gasteiger partial charge on any atom is -0.476 e. The zero-order chi connectivity index (χ0) is 12.0. The summed E-state index contributed by atoms with van der Waals surface area (Å²) in [6.45, 7) is 3.60. The minimum atomic E-state index is -4.36. The van der Waals surface area contributed by atoms with Gasteiger partial charge in [0.05, 0.1) is 5.56 Å². The number of hydrogen-bond donors (Lipinski definition) is 1. The van der Waals surface area contributed by atoms with Gasteiger partial charge in [-0.25, -0.2) is 4.98 Å². The van der Waals surface area contributed by atoms with Gasteiger partial charge in [0.2, 0.25) is 5.88 Å². The van der Waals surface area contributed by atoms with Gasteiger partial charge in [-0.05, 0) is 12.6 Å². The summed E-state index contributed by atoms with van der Waals surface area (Å²) >= 11 is 0. The van der Waals surface area contributed by atoms with E-state index in [1.165, 1.54) is 0 Å². The van der Waals surface area contributed by atoms with Crippen LogP contribution in [0.25, 0.3) is 0 Å². The van der Waals surface area contributed by atoms with Gasteiger partial charge < -0.3 is 10.1 Å². The Balaban J connectivity index is 2.54. The number of aromatic nitrogens is 1. The molecule has 1 aromatic heterocycles. The molecule has 0 fully saturated rings. The molecule has 1 rings (SSSR count). The van der Waals surface area contributed by atoms with E-state index in [0.717, 1.165) is 24.9 Å². The van der Waals surface area contributed by atoms with Crippen LogP contribution in [0.5, 0.6) is 5.88 Å². The molecule has 1 heterocycles. The fourth-order valence-corrected chi connectivity index (χ4v) is 1.07. The first kappa shape index (κ1) is 12.8. The summed E-state index contributed by atoms with van der Waals surface area (Å²) in [5.41, 5.74) is -0.749. The van der Waals surface area contributed by atoms with Gasteiger partial charge >= 0.3 is 6.18 Å². The Kier molecular flexibility index (Phi) is 4.54. The van der Waals surface area contributed by atoms with E-state index in [0.29, 0.717) is 13.2 Å². The molecule has 16 heavy (non-hydrogen) atoms. The summed E-state index contributed by atoms with van der Waals surface area (Å²) in [5.74, 6) is -0.00673. The predicted octanol–water partition coefficient (Wildman–Crippen LogP) is 2.09. The molecule has 0 spiro atoms. The largest absolute Gasteiger partial charge is 0.476 e. The molecule has 0 saturated heterocycles. The van der Waals surface area contributed by atoms with Gasteiger partial charge in [-0.3, -0.25) is 0 Å². The number of alkyl halides is 3. The van der Waals surface area contributed by atoms with Crippen molar-refractivity contribution in [3.05, 3.63) is 23.9 Å². The first-order valence-corrected chi connectivity index (χ1v) is 4.91. The van der Waals surface area contributed by atoms with E-state index in [4.69, 9.17) is 4.74 Å². The molecule has 0 aliphatic rings. The molecule has 0 aliphatic heterocycles. The highest BCUT2D eigenvalue weighted by molar-refractivity contribution is 5.22. The van der Waals surface area contributed by atoms with Gasteiger partial charge in [0.25, 0.3) is 0 Å². The molecule has 1 aromatic rings. The van der Waals surface area contributed by atoms with Crippen molar-refractivity contribution in [3.63, 3.8) is 0 Å². The molecular formula is C10H13F3N2O. The Hall–Kier alpha value is -1.30. The third-order valence-corrected chi connectivity index (χ3v) is 1.84. The van der Waals surface area contributed by atoms with Gasteiger partial charge in [-0.1, -0.05) is 6.92 Å². The van der Waals surface area contributed by atoms with Gasteiger partial charge in [0.1, 0.15) is 6.61 Å². The van der Waals surface area contributed by atoms with Crippen LogP contribution in [0.2, 0.25) is 0 Å². The summed E-state index contributed by atoms with van der Waals surface area (Å²) in [4.78, 5) is 3.70. The second-order valence-corrected chi connectivity index (χ2v) is 3.08. The Bertz CT molecular complexity index is 328. The standard InChI is InChI=1S/C10H13F3N2O/c1-2-14-5-6-16-9-7-8(3-4-15-9)10(11,12)13/h3-4,7,14H,2,5-6H2,1H3. The van der Waals surface area contributed by atoms with Gasteiger partial charge in [0, 0.05) is 18.8 Å². The Labute approximate surface area is 91.6 Å². The summed E-state index contributed by atoms with van der Waals surface area (Å²) in [6.07, 6.45) is -3.27. The number of hydrogen-bond acceptors (Lipinski definition) is 3. The van der Waals surface area contributed by atoms with Crippen LogP contribution in [0, 0.1) is 0 Å². The van der Waals surface area contributed by atoms with Gasteiger partial charge in [0.15, 0.2) is 0 Å². The molecule has 1 N–H and O–H groups in total. The van der Waals surface area contributed by atoms with Crippen LogP contribution >= 0.6 is 0 Å². The van der Waals surface area contributed by atoms with Crippen LogP contribution in [0.4, 0.5) is 13.2 Å². The molecule has 0 amide bonds. The van der Waals surface area contributed by atoms with E-state index in [1.54, 1.807) is 0 Å². The number of nitrogens with one attached hydrogen (secondary N) is 1. The average molecular weight is 234 g/mol. The third kappa shape index (κ3) is 4.06. The van der Waals surface area contributed by atoms with Crippen LogP contribution in [0.15, 0.2) is 18.3 Å². The lowest BCUT2D eigenvalue weighted by Crippen LogP contribution is -2.20. The fourth-order valence-electron chi connectivity index (χ4n) is 1.07. The van der Waals surface area contributed by atoms with Crippen LogP contribution in [-0.4, -0.2) is 24.7 Å². The maximum atomic E-state index is 12.3. The highest BCUT2D eigenvalue weighted by Gasteiger charge is 2.30. The molecule has 90 valence electrons. The van der Waals surface area contributed by atoms with Crippen LogP contribution in [-0.2, 0) is 6.18 Å². The normalized spacial score (nSPS) is 11.5. The zero-order valence-corrected chi connectivity index (χ0v) is 8.84. The van der Waals surface area contributed by atoms with E-state index in [2.05, 4.69) is 10.3 Å². The minimum absolute atomic E-state index is 0.00673. The van der Waals surface area contributed by atoms with E-state index >= 15 is 0 Å². The number of nitrogens with zero attached hydrogens (tertiary/aromatic N) is 1. The predicted molar refractivity (Wildman–Crippen MR) is 53.3 cm³/mol. The lowest BCUT2D eigenvalue weighted by atomic mass is 10.2. The second-order valence-electron chi connectivity index (χ2n) is 3.08. The first-order valence-electron chi connectivity index (χ1n) is 4.91. The van der Waals surface area contributed by atoms with E-state index in [9.17, 15) is 13.2 Å². The summed E-state index contributed by atoms with van der Waals surface area (Å²) in [7, 11) is 0. The Morgan fingerprint density at radius 2 is 2.19 bits per heavy atom. The zero-order valence-electron chi connectivity index (χ0n) is 8.84. The summed E-state index contributed by atoms with van der Waals surface area (Å²) < 4.78 is 42.0. The SMILES string of the molecule is CCNCCOc1cc(C(F)(F)F)ccn1. The van der Waals surface area contributed by atoms with Gasteiger partial charge in [-0.2, -0.15) is 13.2 Å². The fraction of sp³-hybridized carbons (Fsp3) is 0.500. The molecule has 0 atom stereocenters. The van der Waals surface area contributed by atoms with Crippen molar-refractivity contribution in [1.29, 1.82) is 0 Å². The molecule has 0 aliphatic carbocycles. The molecule has 0 bridgehead atoms. The number of likely N-dealkylation sites (N-methyl/N-ethyl adjacent to an activating group) is 1. The van der Waals surface area contributed by atoms with Crippen molar-refractivity contribution in [2.24, 2.45) is 0 Å². The highest BCUT2D eigenvalue weighted by atomic mass is 19.4. The first-order chi connectivity index (χ1) is 7.54. The Morgan fingerprint density at radius 1 is 1.44 bits per heavy atom. The molecule has 3 nitrogen and oxygen atoms in total. The molecule has 0 aromatic carbocycles. The molecule has 0 unspecified atom stereocenters. The average Bonchev–Trinajstić information content (AvgIpc) is 2.24. The monoisotopic (exact) mass is 234 g/mol. The number of ether oxygens (including phenoxy) is 1. The smallest absolute Gasteiger partial charge is 0.416 e. The van der Waals surface area contributed by atoms with Crippen molar-refractivity contribution in [1.82, 2.24) is 10.3 Å². The van der Waals surface area contributed by atoms with Crippen molar-refractivity contribution < 1.29 is 17.9 Å². The summed E-state index contributed by atoms with van der Waals surface area (Å²) in [6, 6.07) is 1.81. The van der Waals surface area contributed by atoms with Gasteiger partial charge in [-0.15, -0.1) is 0 Å². The lowest BCUT2D eigenvalue weighted by molar-refractivity contribution is -0.137. The molecule has 0 radical (unpaired) electrons. The van der Waals surface area contributed by atoms with Crippen LogP contribution in [0.1, 0.15) is 12.5 Å². The van der Waals surface area contributed by atoms with Crippen LogP contribution in [0.3, 0.4) is 0 Å². The molecule has 6 heteroatoms. The number of rotatable bonds is 5. The van der Waals surface area contributed by atoms with E-state index in [1.807, 2.05) is 6.92 Å². The quantitative estimate of drug-likeness (QED) is 0.792. The lowest BCUT2D eigenvalue weighted by Gasteiger charge is -2.09. The molecular weight excluding hydrogens is 221 g/mol. The second kappa shape index (κ2) is 5.69. The maximum Gasteiger partial charge on any atom is 0.416 e. The molecule has 0 saturated carbocycles. The van der Waals surface area contributed by atoms with E-state index in [-0.39, 0.29) is 5.88 Å². The third-order valence-electron chi connectivity index (χ3n) is 1.84. The highest BCUT2D eigenvalue weighted by Crippen LogP contribution is 2.30. The van der Waals surface area contributed by atoms with Crippen LogP contribution < -0.4 is 10.1 Å². The van der Waals surface area contributed by atoms with Crippen molar-refractivity contribution in [3.8, 4) is 5.88 Å². The topological polar surface area (TPSA) is 34.1 Å². The number of halogens is 3. The van der Waals surface area contributed by atoms with Crippen molar-refractivity contribution in [2.75, 3.05) is 19.7 Å². The summed E-state index contributed by atoms with van der Waals surface area (Å²) in [5, 5.41) is 2.99. The number of pyridine rings is 1. The Morgan fingerprint density at radius 3 is 2.81 bits per heavy atom. The van der Waals surface area contributed by atoms with Crippen molar-refractivity contribution >= 4 is 0 Å². The van der Waals surface area contributed by atoms with E-state index < -0.39 is 11.7 Å². The van der Waals surface area contributed by atoms with Crippen molar-refractivity contribution in [2.45, 2.75) is 13.1 Å².